The summed E-state index contributed by atoms with van der Waals surface area (Å²) in [6.07, 6.45) is 6.43. The number of hydrogen-bond acceptors (Lipinski definition) is 7. The van der Waals surface area contributed by atoms with Crippen LogP contribution >= 0.6 is 11.6 Å². The predicted octanol–water partition coefficient (Wildman–Crippen LogP) is 5.35. The number of halogens is 2. The van der Waals surface area contributed by atoms with Crippen LogP contribution in [-0.4, -0.2) is 78.0 Å². The van der Waals surface area contributed by atoms with Gasteiger partial charge >= 0.3 is 0 Å². The number of carbonyl (C=O) groups excluding carboxylic acids is 3. The third kappa shape index (κ3) is 8.15. The number of methoxy groups -OCH3 is 1. The molecule has 272 valence electrons. The quantitative estimate of drug-likeness (QED) is 0.287. The number of ether oxygens (including phenoxy) is 1. The van der Waals surface area contributed by atoms with Crippen LogP contribution in [-0.2, 0) is 27.9 Å². The highest BCUT2D eigenvalue weighted by atomic mass is 35.5. The first-order valence-electron chi connectivity index (χ1n) is 17.8. The molecule has 3 aliphatic heterocycles. The molecular formula is C39H47ClFN5O5. The van der Waals surface area contributed by atoms with Gasteiger partial charge in [0.15, 0.2) is 0 Å². The van der Waals surface area contributed by atoms with Crippen molar-refractivity contribution in [3.8, 4) is 16.9 Å². The highest BCUT2D eigenvalue weighted by Gasteiger charge is 2.30. The molecule has 3 amide bonds. The maximum Gasteiger partial charge on any atom is 0.253 e. The number of aryl methyl sites for hydroxylation is 1. The van der Waals surface area contributed by atoms with Gasteiger partial charge in [-0.2, -0.15) is 0 Å². The molecule has 0 bridgehead atoms. The Morgan fingerprint density at radius 3 is 2.39 bits per heavy atom. The zero-order valence-electron chi connectivity index (χ0n) is 29.8. The monoisotopic (exact) mass is 719 g/mol. The molecule has 1 atom stereocenters. The van der Waals surface area contributed by atoms with Crippen LogP contribution in [0.15, 0.2) is 41.3 Å². The van der Waals surface area contributed by atoms with Crippen molar-refractivity contribution >= 4 is 35.0 Å². The van der Waals surface area contributed by atoms with Gasteiger partial charge in [-0.05, 0) is 118 Å². The van der Waals surface area contributed by atoms with E-state index in [0.717, 1.165) is 61.2 Å². The Hall–Kier alpha value is -4.22. The minimum absolute atomic E-state index is 0.0643. The van der Waals surface area contributed by atoms with Gasteiger partial charge < -0.3 is 19.5 Å². The number of aromatic nitrogens is 1. The van der Waals surface area contributed by atoms with Crippen molar-refractivity contribution in [1.29, 1.82) is 0 Å². The second-order valence-corrected chi connectivity index (χ2v) is 14.7. The van der Waals surface area contributed by atoms with Gasteiger partial charge in [0.2, 0.25) is 17.7 Å². The van der Waals surface area contributed by atoms with E-state index in [2.05, 4.69) is 15.5 Å². The maximum absolute atomic E-state index is 15.6. The molecular weight excluding hydrogens is 673 g/mol. The molecule has 0 spiro atoms. The molecule has 0 saturated carbocycles. The molecule has 3 fully saturated rings. The molecule has 10 nitrogen and oxygen atoms in total. The summed E-state index contributed by atoms with van der Waals surface area (Å²) in [6, 6.07) is 8.69. The standard InChI is InChI=1S/C39H47ClFN5O5/c1-23-24(2)39(50)44(3)21-31(23)27-18-33(41)30(35(19-27)51-4)17-25-9-13-45(14-10-25)22-37(48)46-15-11-26(12-16-46)29-6-5-28(20-32(29)40)42-34-7-8-36(47)43-38(34)49/h5-6,18-21,25-26,34,42H,7-17,22H2,1-4H3,(H,43,47,49). The average molecular weight is 720 g/mol. The summed E-state index contributed by atoms with van der Waals surface area (Å²) in [5.41, 5.74) is 5.24. The highest BCUT2D eigenvalue weighted by molar-refractivity contribution is 6.31. The maximum atomic E-state index is 15.6. The number of carbonyl (C=O) groups is 3. The number of nitrogens with one attached hydrogen (secondary N) is 2. The van der Waals surface area contributed by atoms with E-state index in [-0.39, 0.29) is 40.9 Å². The van der Waals surface area contributed by atoms with E-state index in [1.165, 1.54) is 4.57 Å². The van der Waals surface area contributed by atoms with Crippen LogP contribution in [0.25, 0.3) is 11.1 Å². The van der Waals surface area contributed by atoms with Crippen molar-refractivity contribution in [2.24, 2.45) is 13.0 Å². The molecule has 12 heteroatoms. The smallest absolute Gasteiger partial charge is 0.253 e. The lowest BCUT2D eigenvalue weighted by molar-refractivity contribution is -0.134. The number of rotatable bonds is 9. The second kappa shape index (κ2) is 15.6. The number of amides is 3. The van der Waals surface area contributed by atoms with E-state index in [0.29, 0.717) is 66.4 Å². The van der Waals surface area contributed by atoms with Gasteiger partial charge in [-0.3, -0.25) is 29.4 Å². The Bertz CT molecular complexity index is 1880. The van der Waals surface area contributed by atoms with Crippen molar-refractivity contribution in [3.05, 3.63) is 80.0 Å². The summed E-state index contributed by atoms with van der Waals surface area (Å²) in [7, 11) is 3.26. The number of pyridine rings is 1. The van der Waals surface area contributed by atoms with E-state index in [4.69, 9.17) is 16.3 Å². The molecule has 3 aliphatic rings. The summed E-state index contributed by atoms with van der Waals surface area (Å²) >= 11 is 6.69. The molecule has 2 aromatic carbocycles. The third-order valence-electron chi connectivity index (χ3n) is 11.0. The van der Waals surface area contributed by atoms with Crippen LogP contribution in [0.5, 0.6) is 5.75 Å². The van der Waals surface area contributed by atoms with Gasteiger partial charge in [-0.25, -0.2) is 4.39 Å². The average Bonchev–Trinajstić information content (AvgIpc) is 3.11. The topological polar surface area (TPSA) is 113 Å². The zero-order valence-corrected chi connectivity index (χ0v) is 30.6. The molecule has 3 aromatic rings. The molecule has 0 aliphatic carbocycles. The third-order valence-corrected chi connectivity index (χ3v) is 11.4. The number of hydrogen-bond donors (Lipinski definition) is 2. The first-order chi connectivity index (χ1) is 24.4. The molecule has 2 N–H and O–H groups in total. The van der Waals surface area contributed by atoms with Crippen LogP contribution in [0.4, 0.5) is 10.1 Å². The molecule has 1 aromatic heterocycles. The van der Waals surface area contributed by atoms with Gasteiger partial charge in [0.1, 0.15) is 17.6 Å². The lowest BCUT2D eigenvalue weighted by atomic mass is 9.88. The van der Waals surface area contributed by atoms with Gasteiger partial charge in [0.25, 0.3) is 5.56 Å². The van der Waals surface area contributed by atoms with E-state index in [1.807, 2.05) is 36.1 Å². The summed E-state index contributed by atoms with van der Waals surface area (Å²) in [4.78, 5) is 53.4. The number of benzene rings is 2. The first kappa shape index (κ1) is 36.6. The molecule has 0 radical (unpaired) electrons. The zero-order chi connectivity index (χ0) is 36.4. The van der Waals surface area contributed by atoms with Gasteiger partial charge in [-0.15, -0.1) is 0 Å². The largest absolute Gasteiger partial charge is 0.496 e. The van der Waals surface area contributed by atoms with Crippen molar-refractivity contribution < 1.29 is 23.5 Å². The highest BCUT2D eigenvalue weighted by Crippen LogP contribution is 2.36. The van der Waals surface area contributed by atoms with Crippen LogP contribution in [0, 0.1) is 25.6 Å². The minimum atomic E-state index is -0.469. The number of piperidine rings is 3. The Balaban J connectivity index is 0.981. The molecule has 6 rings (SSSR count). The molecule has 1 unspecified atom stereocenters. The van der Waals surface area contributed by atoms with Crippen molar-refractivity contribution in [3.63, 3.8) is 0 Å². The van der Waals surface area contributed by atoms with Crippen LogP contribution in [0.2, 0.25) is 5.02 Å². The van der Waals surface area contributed by atoms with E-state index in [9.17, 15) is 19.2 Å². The van der Waals surface area contributed by atoms with E-state index in [1.54, 1.807) is 33.3 Å². The van der Waals surface area contributed by atoms with Crippen molar-refractivity contribution in [1.82, 2.24) is 19.7 Å². The fourth-order valence-corrected chi connectivity index (χ4v) is 8.10. The lowest BCUT2D eigenvalue weighted by Crippen LogP contribution is -2.47. The second-order valence-electron chi connectivity index (χ2n) is 14.3. The normalized spacial score (nSPS) is 19.3. The minimum Gasteiger partial charge on any atom is -0.496 e. The fourth-order valence-electron chi connectivity index (χ4n) is 7.76. The Morgan fingerprint density at radius 1 is 1.00 bits per heavy atom. The van der Waals surface area contributed by atoms with E-state index >= 15 is 4.39 Å². The number of nitrogens with zero attached hydrogens (tertiary/aromatic N) is 3. The summed E-state index contributed by atoms with van der Waals surface area (Å²) in [5, 5.41) is 6.17. The van der Waals surface area contributed by atoms with E-state index < -0.39 is 6.04 Å². The predicted molar refractivity (Wildman–Crippen MR) is 196 cm³/mol. The van der Waals surface area contributed by atoms with Gasteiger partial charge in [0.05, 0.1) is 13.7 Å². The molecule has 51 heavy (non-hydrogen) atoms. The lowest BCUT2D eigenvalue weighted by Gasteiger charge is -2.36. The summed E-state index contributed by atoms with van der Waals surface area (Å²) < 4.78 is 22.9. The van der Waals surface area contributed by atoms with Crippen LogP contribution in [0.1, 0.15) is 66.7 Å². The summed E-state index contributed by atoms with van der Waals surface area (Å²) in [5.74, 6) is 0.280. The van der Waals surface area contributed by atoms with Crippen LogP contribution < -0.4 is 20.9 Å². The Kier molecular flexibility index (Phi) is 11.2. The fraction of sp³-hybridized carbons (Fsp3) is 0.487. The summed E-state index contributed by atoms with van der Waals surface area (Å²) in [6.45, 7) is 6.94. The number of imide groups is 1. The van der Waals surface area contributed by atoms with Gasteiger partial charge in [-0.1, -0.05) is 17.7 Å². The number of anilines is 1. The first-order valence-corrected chi connectivity index (χ1v) is 18.2. The Labute approximate surface area is 303 Å². The van der Waals surface area contributed by atoms with Crippen molar-refractivity contribution in [2.75, 3.05) is 45.2 Å². The Morgan fingerprint density at radius 2 is 1.73 bits per heavy atom. The SMILES string of the molecule is COc1cc(-c2cn(C)c(=O)c(C)c2C)cc(F)c1CC1CCN(CC(=O)N2CCC(c3ccc(NC4CCC(=O)NC4=O)cc3Cl)CC2)CC1. The molecule has 4 heterocycles. The molecule has 3 saturated heterocycles. The van der Waals surface area contributed by atoms with Crippen molar-refractivity contribution in [2.45, 2.75) is 70.8 Å². The van der Waals surface area contributed by atoms with Gasteiger partial charge in [0, 0.05) is 60.2 Å². The van der Waals surface area contributed by atoms with Crippen LogP contribution in [0.3, 0.4) is 0 Å². The number of likely N-dealkylation sites (tertiary alicyclic amines) is 2.